The summed E-state index contributed by atoms with van der Waals surface area (Å²) in [6, 6.07) is 21.0. The average molecular weight is 1480 g/mol. The number of nitrogen functional groups attached to an aromatic ring is 1. The van der Waals surface area contributed by atoms with E-state index < -0.39 is 0 Å². The van der Waals surface area contributed by atoms with Crippen molar-refractivity contribution in [1.29, 1.82) is 0 Å². The highest BCUT2D eigenvalue weighted by atomic mass is 127. The Kier molecular flexibility index (Phi) is 31.5. The van der Waals surface area contributed by atoms with Gasteiger partial charge in [0.2, 0.25) is 40.3 Å². The molecule has 1 amide bonds. The number of aromatic nitrogens is 12. The van der Waals surface area contributed by atoms with Crippen molar-refractivity contribution in [1.82, 2.24) is 79.4 Å². The Balaban J connectivity index is 0.000000185. The van der Waals surface area contributed by atoms with E-state index in [1.807, 2.05) is 108 Å². The molecule has 29 heteroatoms. The summed E-state index contributed by atoms with van der Waals surface area (Å²) in [4.78, 5) is 84.5. The number of nitrogens with one attached hydrogen (secondary N) is 1. The van der Waals surface area contributed by atoms with Gasteiger partial charge in [-0.15, -0.1) is 0 Å². The quantitative estimate of drug-likeness (QED) is 0.0591. The number of carbonyl (C=O) groups is 1. The molecule has 4 aliphatic heterocycles. The normalized spacial score (nSPS) is 15.2. The van der Waals surface area contributed by atoms with Crippen LogP contribution >= 0.6 is 80.9 Å². The van der Waals surface area contributed by atoms with Crippen LogP contribution in [-0.2, 0) is 4.79 Å². The van der Waals surface area contributed by atoms with Crippen LogP contribution in [-0.4, -0.2) is 218 Å². The number of halogens is 4. The third kappa shape index (κ3) is 26.3. The number of hydrogen-bond donors (Lipinski definition) is 2. The first-order valence-corrected chi connectivity index (χ1v) is 33.9. The van der Waals surface area contributed by atoms with Crippen molar-refractivity contribution in [2.75, 3.05) is 164 Å². The number of nitrogens with two attached hydrogens (primary N) is 1. The molecule has 0 aliphatic carbocycles. The number of amides is 1. The van der Waals surface area contributed by atoms with E-state index in [9.17, 15) is 4.79 Å². The van der Waals surface area contributed by atoms with Gasteiger partial charge in [0.25, 0.3) is 0 Å². The van der Waals surface area contributed by atoms with E-state index >= 15 is 0 Å². The summed E-state index contributed by atoms with van der Waals surface area (Å²) in [5.74, 6) is 3.32. The molecule has 498 valence electrons. The van der Waals surface area contributed by atoms with Gasteiger partial charge in [-0.3, -0.25) is 4.79 Å². The highest BCUT2D eigenvalue weighted by Crippen LogP contribution is 2.33. The number of rotatable bonds is 9. The second-order valence-electron chi connectivity index (χ2n) is 22.1. The highest BCUT2D eigenvalue weighted by molar-refractivity contribution is 14.1. The number of piperazine rings is 4. The second-order valence-corrected chi connectivity index (χ2v) is 26.6. The van der Waals surface area contributed by atoms with E-state index in [0.29, 0.717) is 10.4 Å². The van der Waals surface area contributed by atoms with Gasteiger partial charge in [-0.1, -0.05) is 54.7 Å². The second kappa shape index (κ2) is 38.8. The van der Waals surface area contributed by atoms with Crippen LogP contribution in [0.3, 0.4) is 0 Å². The van der Waals surface area contributed by atoms with Gasteiger partial charge in [0.05, 0.1) is 30.4 Å². The average Bonchev–Trinajstić information content (AvgIpc) is 1.15. The molecule has 8 aromatic rings. The highest BCUT2D eigenvalue weighted by Gasteiger charge is 2.21. The molecule has 0 radical (unpaired) electrons. The fourth-order valence-corrected chi connectivity index (χ4v) is 11.6. The van der Waals surface area contributed by atoms with Gasteiger partial charge in [0, 0.05) is 181 Å². The van der Waals surface area contributed by atoms with Gasteiger partial charge in [0.1, 0.15) is 5.15 Å². The smallest absolute Gasteiger partial charge is 0.225 e. The van der Waals surface area contributed by atoms with Crippen LogP contribution in [0.5, 0.6) is 0 Å². The molecule has 93 heavy (non-hydrogen) atoms. The molecule has 0 unspecified atom stereocenters. The van der Waals surface area contributed by atoms with Crippen molar-refractivity contribution in [3.8, 4) is 0 Å². The minimum absolute atomic E-state index is 0. The summed E-state index contributed by atoms with van der Waals surface area (Å²) in [5.41, 5.74) is 12.4. The molecule has 2 aromatic carbocycles. The number of nitrogens with zero attached hydrogens (tertiary/aromatic N) is 20. The molecule has 12 rings (SSSR count). The van der Waals surface area contributed by atoms with E-state index in [1.165, 1.54) is 13.1 Å². The Hall–Kier alpha value is -6.47. The minimum atomic E-state index is -0.0711. The number of likely N-dealkylation sites (N-methyl/N-ethyl adjacent to an activating group) is 4. The molecule has 0 bridgehead atoms. The van der Waals surface area contributed by atoms with Crippen LogP contribution in [0.2, 0.25) is 15.7 Å². The van der Waals surface area contributed by atoms with Crippen LogP contribution in [0.1, 0.15) is 42.8 Å². The predicted molar refractivity (Wildman–Crippen MR) is 389 cm³/mol. The maximum atomic E-state index is 11.2. The predicted octanol–water partition coefficient (Wildman–Crippen LogP) is 10.5. The topological polar surface area (TPSA) is 236 Å². The Morgan fingerprint density at radius 2 is 0.860 bits per heavy atom. The molecule has 0 atom stereocenters. The SMILES string of the molecule is C.CC(=O)Nc1cccc(Sc2cnc(N3CCN(C)CC3)nc2C)c1.Cc1ccnc(Cl)n1.Cc1ccnc(N2CCN(C)CC2)n1.Cc1nc(N2CCN(C)CC2)ncc1I.Cc1nc(N2CCN(C)CC2)ncc1Sc1cccc(N)c1.Clc1ccnc(Cl)n1. The van der Waals surface area contributed by atoms with Crippen molar-refractivity contribution in [3.05, 3.63) is 152 Å². The fraction of sp³-hybridized carbons (Fsp3) is 0.422. The number of hydrogen-bond acceptors (Lipinski definition) is 24. The molecule has 23 nitrogen and oxygen atoms in total. The van der Waals surface area contributed by atoms with Crippen LogP contribution in [0.25, 0.3) is 0 Å². The zero-order valence-corrected chi connectivity index (χ0v) is 59.9. The maximum Gasteiger partial charge on any atom is 0.225 e. The lowest BCUT2D eigenvalue weighted by Crippen LogP contribution is -2.45. The van der Waals surface area contributed by atoms with E-state index in [2.05, 4.69) is 156 Å². The third-order valence-corrected chi connectivity index (χ3v) is 18.4. The molecule has 4 saturated heterocycles. The Labute approximate surface area is 585 Å². The minimum Gasteiger partial charge on any atom is -0.399 e. The third-order valence-electron chi connectivity index (χ3n) is 14.5. The van der Waals surface area contributed by atoms with E-state index in [0.717, 1.165) is 192 Å². The molecule has 4 aliphatic rings. The van der Waals surface area contributed by atoms with Crippen molar-refractivity contribution >= 4 is 122 Å². The standard InChI is InChI=1S/C18H23N5OS.C16H21N5S.C10H15IN4.C10H16N4.C5H5ClN2.C4H2Cl2N2.CH4/c1-13-17(25-16-6-4-5-15(11-16)21-14(2)24)12-19-18(20-13)23-9-7-22(3)8-10-23;1-12-15(22-14-5-3-4-13(17)10-14)11-18-16(19-12)21-8-6-20(2)7-9-21;1-8-9(11)7-12-10(13-8)15-5-3-14(2)4-6-15;1-9-3-4-11-10(12-9)14-7-5-13(2)6-8-14;1-4-2-3-7-5(6)8-4;5-3-1-2-7-4(6)8-3;/h4-6,11-12H,7-10H2,1-3H3,(H,21,24);3-5,10-11H,6-9,17H2,1-2H3;7H,3-6H2,1-2H3;3-4H,5-8H2,1-2H3;2-3H,1H3;1-2H;1H4. The van der Waals surface area contributed by atoms with Gasteiger partial charge in [-0.05, 0) is 163 Å². The number of benzene rings is 2. The molecular formula is C64H86Cl3IN22OS2. The van der Waals surface area contributed by atoms with Crippen LogP contribution in [0.15, 0.2) is 123 Å². The van der Waals surface area contributed by atoms with Crippen LogP contribution in [0, 0.1) is 38.2 Å². The summed E-state index contributed by atoms with van der Waals surface area (Å²) < 4.78 is 1.13. The van der Waals surface area contributed by atoms with Crippen LogP contribution in [0.4, 0.5) is 35.2 Å². The number of carbonyl (C=O) groups excluding carboxylic acids is 1. The van der Waals surface area contributed by atoms with E-state index in [4.69, 9.17) is 45.5 Å². The van der Waals surface area contributed by atoms with Gasteiger partial charge in [0.15, 0.2) is 0 Å². The number of aryl methyl sites for hydroxylation is 5. The lowest BCUT2D eigenvalue weighted by atomic mass is 10.3. The lowest BCUT2D eigenvalue weighted by Gasteiger charge is -2.32. The molecule has 0 spiro atoms. The largest absolute Gasteiger partial charge is 0.399 e. The Bertz CT molecular complexity index is 3520. The van der Waals surface area contributed by atoms with Gasteiger partial charge >= 0.3 is 0 Å². The van der Waals surface area contributed by atoms with Crippen molar-refractivity contribution in [2.24, 2.45) is 0 Å². The molecule has 0 saturated carbocycles. The first-order valence-electron chi connectivity index (χ1n) is 30.0. The monoisotopic (exact) mass is 1470 g/mol. The lowest BCUT2D eigenvalue weighted by molar-refractivity contribution is -0.114. The van der Waals surface area contributed by atoms with E-state index in [1.54, 1.807) is 41.9 Å². The van der Waals surface area contributed by atoms with Crippen molar-refractivity contribution < 1.29 is 4.79 Å². The summed E-state index contributed by atoms with van der Waals surface area (Å²) in [6.45, 7) is 28.0. The Morgan fingerprint density at radius 1 is 0.473 bits per heavy atom. The van der Waals surface area contributed by atoms with Gasteiger partial charge in [-0.2, -0.15) is 0 Å². The molecular weight excluding hydrogens is 1390 g/mol. The molecule has 6 aromatic heterocycles. The fourth-order valence-electron chi connectivity index (χ4n) is 9.00. The summed E-state index contributed by atoms with van der Waals surface area (Å²) >= 11 is 21.7. The van der Waals surface area contributed by atoms with Crippen molar-refractivity contribution in [3.63, 3.8) is 0 Å². The molecule has 3 N–H and O–H groups in total. The maximum absolute atomic E-state index is 11.2. The first-order chi connectivity index (χ1) is 44.1. The zero-order valence-electron chi connectivity index (χ0n) is 53.9. The first kappa shape index (κ1) is 75.6. The number of anilines is 6. The van der Waals surface area contributed by atoms with Gasteiger partial charge in [-0.25, -0.2) is 59.8 Å². The Morgan fingerprint density at radius 3 is 1.23 bits per heavy atom. The van der Waals surface area contributed by atoms with Gasteiger partial charge < -0.3 is 50.2 Å². The van der Waals surface area contributed by atoms with E-state index in [-0.39, 0.29) is 18.6 Å². The summed E-state index contributed by atoms with van der Waals surface area (Å²) in [6.07, 6.45) is 10.7. The van der Waals surface area contributed by atoms with Crippen LogP contribution < -0.4 is 30.7 Å². The van der Waals surface area contributed by atoms with Crippen molar-refractivity contribution in [2.45, 2.75) is 68.6 Å². The molecule has 10 heterocycles. The summed E-state index contributed by atoms with van der Waals surface area (Å²) in [7, 11) is 8.58. The zero-order chi connectivity index (χ0) is 66.1. The summed E-state index contributed by atoms with van der Waals surface area (Å²) in [5, 5.41) is 3.66. The molecule has 4 fully saturated rings.